The Morgan fingerprint density at radius 3 is 2.69 bits per heavy atom. The molecule has 3 aromatic rings. The number of benzene rings is 2. The van der Waals surface area contributed by atoms with E-state index in [1.165, 1.54) is 16.7 Å². The molecule has 0 saturated carbocycles. The molecule has 0 bridgehead atoms. The first-order chi connectivity index (χ1) is 12.4. The SMILES string of the molecule is COCCn1c(=O)oc2cc(C)c(S(=O)Nc3ccc(F)c(C)c3)cc21. The van der Waals surface area contributed by atoms with Crippen molar-refractivity contribution < 1.29 is 17.8 Å². The number of oxazole rings is 1. The van der Waals surface area contributed by atoms with Gasteiger partial charge in [0.1, 0.15) is 5.82 Å². The van der Waals surface area contributed by atoms with Crippen LogP contribution in [0.1, 0.15) is 11.1 Å². The third-order valence-electron chi connectivity index (χ3n) is 4.05. The number of ether oxygens (including phenoxy) is 1. The van der Waals surface area contributed by atoms with Gasteiger partial charge in [0.25, 0.3) is 0 Å². The van der Waals surface area contributed by atoms with Crippen molar-refractivity contribution in [2.75, 3.05) is 18.4 Å². The fraction of sp³-hybridized carbons (Fsp3) is 0.278. The van der Waals surface area contributed by atoms with Crippen molar-refractivity contribution in [3.8, 4) is 0 Å². The van der Waals surface area contributed by atoms with E-state index in [-0.39, 0.29) is 5.82 Å². The highest BCUT2D eigenvalue weighted by atomic mass is 32.2. The molecular formula is C18H19FN2O4S. The molecule has 6 nitrogen and oxygen atoms in total. The van der Waals surface area contributed by atoms with E-state index in [1.54, 1.807) is 39.2 Å². The molecule has 0 fully saturated rings. The number of nitrogens with zero attached hydrogens (tertiary/aromatic N) is 1. The quantitative estimate of drug-likeness (QED) is 0.715. The van der Waals surface area contributed by atoms with Crippen LogP contribution >= 0.6 is 0 Å². The molecule has 1 aromatic heterocycles. The van der Waals surface area contributed by atoms with Crippen LogP contribution in [-0.2, 0) is 22.3 Å². The van der Waals surface area contributed by atoms with Crippen molar-refractivity contribution in [2.45, 2.75) is 25.3 Å². The topological polar surface area (TPSA) is 73.5 Å². The summed E-state index contributed by atoms with van der Waals surface area (Å²) < 4.78 is 40.7. The average molecular weight is 378 g/mol. The van der Waals surface area contributed by atoms with E-state index in [1.807, 2.05) is 0 Å². The zero-order valence-corrected chi connectivity index (χ0v) is 15.5. The van der Waals surface area contributed by atoms with E-state index < -0.39 is 16.7 Å². The molecule has 1 heterocycles. The Bertz CT molecular complexity index is 1040. The Morgan fingerprint density at radius 1 is 1.23 bits per heavy atom. The van der Waals surface area contributed by atoms with E-state index in [9.17, 15) is 13.4 Å². The van der Waals surface area contributed by atoms with Gasteiger partial charge >= 0.3 is 5.76 Å². The molecule has 0 amide bonds. The van der Waals surface area contributed by atoms with Crippen LogP contribution < -0.4 is 10.5 Å². The number of aryl methyl sites for hydroxylation is 2. The molecule has 8 heteroatoms. The summed E-state index contributed by atoms with van der Waals surface area (Å²) in [5.41, 5.74) is 2.71. The second kappa shape index (κ2) is 7.43. The van der Waals surface area contributed by atoms with Crippen molar-refractivity contribution in [3.63, 3.8) is 0 Å². The summed E-state index contributed by atoms with van der Waals surface area (Å²) in [6.07, 6.45) is 0. The van der Waals surface area contributed by atoms with Crippen LogP contribution in [0.3, 0.4) is 0 Å². The second-order valence-corrected chi connectivity index (χ2v) is 7.11. The zero-order valence-electron chi connectivity index (χ0n) is 14.7. The highest BCUT2D eigenvalue weighted by Crippen LogP contribution is 2.23. The Balaban J connectivity index is 1.97. The summed E-state index contributed by atoms with van der Waals surface area (Å²) in [4.78, 5) is 12.5. The van der Waals surface area contributed by atoms with Crippen LogP contribution in [0, 0.1) is 19.7 Å². The predicted molar refractivity (Wildman–Crippen MR) is 98.3 cm³/mol. The number of nitrogens with one attached hydrogen (secondary N) is 1. The van der Waals surface area contributed by atoms with Crippen molar-refractivity contribution >= 4 is 27.8 Å². The lowest BCUT2D eigenvalue weighted by atomic mass is 10.2. The van der Waals surface area contributed by atoms with Crippen LogP contribution in [0.25, 0.3) is 11.1 Å². The molecule has 0 aliphatic heterocycles. The van der Waals surface area contributed by atoms with E-state index >= 15 is 0 Å². The Labute approximate surface area is 152 Å². The maximum Gasteiger partial charge on any atom is 0.420 e. The van der Waals surface area contributed by atoms with E-state index in [0.29, 0.717) is 40.4 Å². The largest absolute Gasteiger partial charge is 0.420 e. The first-order valence-corrected chi connectivity index (χ1v) is 9.13. The molecule has 2 aromatic carbocycles. The molecule has 1 unspecified atom stereocenters. The summed E-state index contributed by atoms with van der Waals surface area (Å²) in [7, 11) is -0.0342. The molecule has 1 atom stereocenters. The lowest BCUT2D eigenvalue weighted by molar-refractivity contribution is 0.186. The molecule has 0 spiro atoms. The molecular weight excluding hydrogens is 359 g/mol. The van der Waals surface area contributed by atoms with Gasteiger partial charge in [0.15, 0.2) is 16.6 Å². The van der Waals surface area contributed by atoms with Crippen molar-refractivity contribution in [2.24, 2.45) is 0 Å². The van der Waals surface area contributed by atoms with Gasteiger partial charge in [0.05, 0.1) is 23.6 Å². The third kappa shape index (κ3) is 3.56. The van der Waals surface area contributed by atoms with Gasteiger partial charge in [-0.2, -0.15) is 0 Å². The molecule has 138 valence electrons. The molecule has 0 radical (unpaired) electrons. The fourth-order valence-corrected chi connectivity index (χ4v) is 3.68. The summed E-state index contributed by atoms with van der Waals surface area (Å²) in [5.74, 6) is -0.805. The highest BCUT2D eigenvalue weighted by Gasteiger charge is 2.15. The predicted octanol–water partition coefficient (Wildman–Crippen LogP) is 3.13. The molecule has 0 aliphatic carbocycles. The van der Waals surface area contributed by atoms with Gasteiger partial charge in [0.2, 0.25) is 0 Å². The van der Waals surface area contributed by atoms with E-state index in [4.69, 9.17) is 9.15 Å². The van der Waals surface area contributed by atoms with Gasteiger partial charge in [-0.1, -0.05) is 0 Å². The summed E-state index contributed by atoms with van der Waals surface area (Å²) in [6, 6.07) is 7.80. The van der Waals surface area contributed by atoms with Crippen molar-refractivity contribution in [1.82, 2.24) is 4.57 Å². The zero-order chi connectivity index (χ0) is 18.8. The molecule has 0 saturated heterocycles. The standard InChI is InChI=1S/C18H19FN2O4S/c1-11-8-13(4-5-14(11)19)20-26(23)17-10-15-16(9-12(17)2)25-18(22)21(15)6-7-24-3/h4-5,8-10,20H,6-7H2,1-3H3. The number of halogens is 1. The third-order valence-corrected chi connectivity index (χ3v) is 5.31. The fourth-order valence-electron chi connectivity index (χ4n) is 2.66. The minimum Gasteiger partial charge on any atom is -0.408 e. The molecule has 26 heavy (non-hydrogen) atoms. The normalized spacial score (nSPS) is 12.5. The van der Waals surface area contributed by atoms with Crippen LogP contribution in [0.4, 0.5) is 10.1 Å². The first kappa shape index (κ1) is 18.3. The lowest BCUT2D eigenvalue weighted by Crippen LogP contribution is -2.17. The number of rotatable bonds is 6. The lowest BCUT2D eigenvalue weighted by Gasteiger charge is -2.10. The number of hydrogen-bond acceptors (Lipinski definition) is 4. The van der Waals surface area contributed by atoms with E-state index in [2.05, 4.69) is 4.72 Å². The maximum atomic E-state index is 13.4. The highest BCUT2D eigenvalue weighted by molar-refractivity contribution is 7.86. The molecule has 3 rings (SSSR count). The van der Waals surface area contributed by atoms with Gasteiger partial charge in [-0.05, 0) is 55.3 Å². The Kier molecular flexibility index (Phi) is 5.24. The van der Waals surface area contributed by atoms with Gasteiger partial charge in [-0.25, -0.2) is 13.4 Å². The minimum absolute atomic E-state index is 0.320. The first-order valence-electron chi connectivity index (χ1n) is 7.98. The summed E-state index contributed by atoms with van der Waals surface area (Å²) in [5, 5.41) is 0. The average Bonchev–Trinajstić information content (AvgIpc) is 2.89. The minimum atomic E-state index is -1.58. The number of aromatic nitrogens is 1. The number of anilines is 1. The number of methoxy groups -OCH3 is 1. The molecule has 1 N–H and O–H groups in total. The van der Waals surface area contributed by atoms with Gasteiger partial charge in [-0.3, -0.25) is 4.57 Å². The van der Waals surface area contributed by atoms with Gasteiger partial charge in [0, 0.05) is 12.8 Å². The maximum absolute atomic E-state index is 13.4. The van der Waals surface area contributed by atoms with Crippen molar-refractivity contribution in [3.05, 3.63) is 57.8 Å². The second-order valence-electron chi connectivity index (χ2n) is 5.93. The van der Waals surface area contributed by atoms with Crippen molar-refractivity contribution in [1.29, 1.82) is 0 Å². The summed E-state index contributed by atoms with van der Waals surface area (Å²) in [6.45, 7) is 4.12. The summed E-state index contributed by atoms with van der Waals surface area (Å²) >= 11 is 0. The van der Waals surface area contributed by atoms with E-state index in [0.717, 1.165) is 5.56 Å². The number of fused-ring (bicyclic) bond motifs is 1. The monoisotopic (exact) mass is 378 g/mol. The Hall–Kier alpha value is -2.45. The van der Waals surface area contributed by atoms with Gasteiger partial charge in [-0.15, -0.1) is 0 Å². The molecule has 0 aliphatic rings. The van der Waals surface area contributed by atoms with Crippen LogP contribution in [0.5, 0.6) is 0 Å². The van der Waals surface area contributed by atoms with Crippen LogP contribution in [0.15, 0.2) is 44.4 Å². The smallest absolute Gasteiger partial charge is 0.408 e. The van der Waals surface area contributed by atoms with Gasteiger partial charge < -0.3 is 13.9 Å². The Morgan fingerprint density at radius 2 is 2.00 bits per heavy atom. The number of hydrogen-bond donors (Lipinski definition) is 1. The van der Waals surface area contributed by atoms with Crippen LogP contribution in [0.2, 0.25) is 0 Å². The van der Waals surface area contributed by atoms with Crippen LogP contribution in [-0.4, -0.2) is 22.5 Å².